The second-order valence-electron chi connectivity index (χ2n) is 2.81. The normalized spacial score (nSPS) is 8.53. The Balaban J connectivity index is 2.45. The molecule has 0 aliphatic rings. The first-order chi connectivity index (χ1) is 7.24. The van der Waals surface area contributed by atoms with E-state index in [9.17, 15) is 4.79 Å². The molecule has 0 bridgehead atoms. The van der Waals surface area contributed by atoms with Crippen LogP contribution in [0.3, 0.4) is 0 Å². The highest BCUT2D eigenvalue weighted by Gasteiger charge is 1.98. The van der Waals surface area contributed by atoms with Gasteiger partial charge < -0.3 is 5.32 Å². The molecule has 0 fully saturated rings. The van der Waals surface area contributed by atoms with E-state index in [0.717, 1.165) is 0 Å². The van der Waals surface area contributed by atoms with Gasteiger partial charge in [-0.3, -0.25) is 9.89 Å². The lowest BCUT2D eigenvalue weighted by molar-refractivity contribution is -0.118. The number of nitrogens with one attached hydrogen (secondary N) is 2. The van der Waals surface area contributed by atoms with Crippen LogP contribution in [-0.4, -0.2) is 22.6 Å². The molecule has 0 atom stereocenters. The van der Waals surface area contributed by atoms with Gasteiger partial charge in [0.2, 0.25) is 5.91 Å². The van der Waals surface area contributed by atoms with Crippen LogP contribution in [0.4, 0.5) is 0 Å². The Morgan fingerprint density at radius 1 is 1.73 bits per heavy atom. The molecule has 0 unspecified atom stereocenters. The van der Waals surface area contributed by atoms with Gasteiger partial charge in [-0.15, -0.1) is 0 Å². The van der Waals surface area contributed by atoms with Crippen molar-refractivity contribution in [3.63, 3.8) is 0 Å². The Kier molecular flexibility index (Phi) is 3.93. The molecule has 0 aromatic carbocycles. The van der Waals surface area contributed by atoms with Crippen molar-refractivity contribution in [1.82, 2.24) is 15.5 Å². The highest BCUT2D eigenvalue weighted by Crippen LogP contribution is 1.99. The van der Waals surface area contributed by atoms with Gasteiger partial charge in [0.15, 0.2) is 5.69 Å². The van der Waals surface area contributed by atoms with E-state index in [1.807, 2.05) is 6.07 Å². The van der Waals surface area contributed by atoms with Crippen molar-refractivity contribution in [3.05, 3.63) is 17.5 Å². The Hall–Kier alpha value is -2.27. The van der Waals surface area contributed by atoms with Crippen LogP contribution in [-0.2, 0) is 4.79 Å². The third-order valence-corrected chi connectivity index (χ3v) is 1.60. The summed E-state index contributed by atoms with van der Waals surface area (Å²) in [7, 11) is 0. The van der Waals surface area contributed by atoms with Crippen LogP contribution in [0.25, 0.3) is 0 Å². The summed E-state index contributed by atoms with van der Waals surface area (Å²) in [6.07, 6.45) is 2.06. The molecule has 0 aliphatic heterocycles. The molecule has 1 amide bonds. The Bertz CT molecular complexity index is 444. The number of carbonyl (C=O) groups excluding carboxylic acids is 1. The van der Waals surface area contributed by atoms with Crippen LogP contribution in [0.2, 0.25) is 0 Å². The molecule has 2 N–H and O–H groups in total. The van der Waals surface area contributed by atoms with Gasteiger partial charge in [-0.05, 0) is 0 Å². The highest BCUT2D eigenvalue weighted by molar-refractivity contribution is 5.72. The van der Waals surface area contributed by atoms with E-state index in [0.29, 0.717) is 24.2 Å². The van der Waals surface area contributed by atoms with Crippen LogP contribution in [0, 0.1) is 23.2 Å². The van der Waals surface area contributed by atoms with Gasteiger partial charge in [-0.25, -0.2) is 0 Å². The molecule has 0 saturated carbocycles. The number of H-pyrrole nitrogens is 1. The van der Waals surface area contributed by atoms with Crippen molar-refractivity contribution >= 4 is 5.91 Å². The quantitative estimate of drug-likeness (QED) is 0.529. The molecule has 1 heterocycles. The van der Waals surface area contributed by atoms with Gasteiger partial charge >= 0.3 is 0 Å². The summed E-state index contributed by atoms with van der Waals surface area (Å²) >= 11 is 0. The summed E-state index contributed by atoms with van der Waals surface area (Å²) in [5, 5.41) is 17.5. The molecule has 1 aromatic rings. The van der Waals surface area contributed by atoms with Crippen LogP contribution < -0.4 is 5.32 Å². The molecule has 5 nitrogen and oxygen atoms in total. The van der Waals surface area contributed by atoms with Gasteiger partial charge in [-0.2, -0.15) is 10.4 Å². The summed E-state index contributed by atoms with van der Waals surface area (Å²) in [4.78, 5) is 10.5. The fourth-order valence-corrected chi connectivity index (χ4v) is 0.925. The smallest absolute Gasteiger partial charge is 0.216 e. The molecular formula is C10H10N4O. The molecule has 0 spiro atoms. The number of nitrogens with zero attached hydrogens (tertiary/aromatic N) is 2. The first-order valence-electron chi connectivity index (χ1n) is 4.41. The van der Waals surface area contributed by atoms with E-state index >= 15 is 0 Å². The Morgan fingerprint density at radius 2 is 2.53 bits per heavy atom. The predicted molar refractivity (Wildman–Crippen MR) is 53.5 cm³/mol. The third-order valence-electron chi connectivity index (χ3n) is 1.60. The monoisotopic (exact) mass is 202 g/mol. The lowest BCUT2D eigenvalue weighted by atomic mass is 10.2. The number of rotatable bonds is 2. The second-order valence-corrected chi connectivity index (χ2v) is 2.81. The number of aromatic nitrogens is 2. The Morgan fingerprint density at radius 3 is 3.20 bits per heavy atom. The molecule has 76 valence electrons. The number of nitriles is 1. The lowest BCUT2D eigenvalue weighted by Crippen LogP contribution is -2.20. The van der Waals surface area contributed by atoms with E-state index < -0.39 is 0 Å². The van der Waals surface area contributed by atoms with Crippen molar-refractivity contribution in [3.8, 4) is 17.9 Å². The zero-order valence-electron chi connectivity index (χ0n) is 8.29. The molecule has 1 aromatic heterocycles. The Labute approximate surface area is 87.5 Å². The van der Waals surface area contributed by atoms with Gasteiger partial charge in [0.05, 0.1) is 11.8 Å². The number of hydrogen-bond acceptors (Lipinski definition) is 3. The summed E-state index contributed by atoms with van der Waals surface area (Å²) < 4.78 is 0. The largest absolute Gasteiger partial charge is 0.355 e. The second kappa shape index (κ2) is 5.46. The zero-order chi connectivity index (χ0) is 11.1. The summed E-state index contributed by atoms with van der Waals surface area (Å²) in [5.41, 5.74) is 0.947. The molecule has 5 heteroatoms. The van der Waals surface area contributed by atoms with E-state index in [-0.39, 0.29) is 5.91 Å². The fraction of sp³-hybridized carbons (Fsp3) is 0.300. The number of amides is 1. The van der Waals surface area contributed by atoms with Gasteiger partial charge in [0, 0.05) is 19.9 Å². The van der Waals surface area contributed by atoms with Crippen molar-refractivity contribution in [2.24, 2.45) is 0 Å². The number of hydrogen-bond donors (Lipinski definition) is 2. The standard InChI is InChI=1S/C10H10N4O/c1-8(15)12-5-3-2-4-9-7-13-14-10(9)6-11/h7H,3,5H2,1H3,(H,12,15)(H,13,14). The van der Waals surface area contributed by atoms with E-state index in [1.165, 1.54) is 13.1 Å². The molecule has 0 aliphatic carbocycles. The zero-order valence-corrected chi connectivity index (χ0v) is 8.29. The van der Waals surface area contributed by atoms with Crippen LogP contribution >= 0.6 is 0 Å². The minimum absolute atomic E-state index is 0.0715. The summed E-state index contributed by atoms with van der Waals surface area (Å²) in [6.45, 7) is 1.97. The average Bonchev–Trinajstić information content (AvgIpc) is 2.64. The maximum absolute atomic E-state index is 10.5. The van der Waals surface area contributed by atoms with Crippen LogP contribution in [0.5, 0.6) is 0 Å². The van der Waals surface area contributed by atoms with Gasteiger partial charge in [-0.1, -0.05) is 11.8 Å². The topological polar surface area (TPSA) is 81.6 Å². The van der Waals surface area contributed by atoms with Gasteiger partial charge in [0.25, 0.3) is 0 Å². The first-order valence-corrected chi connectivity index (χ1v) is 4.41. The molecule has 0 saturated heterocycles. The van der Waals surface area contributed by atoms with Crippen molar-refractivity contribution in [2.45, 2.75) is 13.3 Å². The molecule has 15 heavy (non-hydrogen) atoms. The van der Waals surface area contributed by atoms with E-state index in [2.05, 4.69) is 27.4 Å². The first kappa shape index (κ1) is 10.8. The third kappa shape index (κ3) is 3.53. The molecular weight excluding hydrogens is 192 g/mol. The highest BCUT2D eigenvalue weighted by atomic mass is 16.1. The fourth-order valence-electron chi connectivity index (χ4n) is 0.925. The van der Waals surface area contributed by atoms with E-state index in [1.54, 1.807) is 0 Å². The van der Waals surface area contributed by atoms with Crippen LogP contribution in [0.1, 0.15) is 24.6 Å². The maximum Gasteiger partial charge on any atom is 0.216 e. The predicted octanol–water partition coefficient (Wildman–Crippen LogP) is 0.159. The lowest BCUT2D eigenvalue weighted by Gasteiger charge is -1.94. The molecule has 1 rings (SSSR count). The van der Waals surface area contributed by atoms with Crippen molar-refractivity contribution in [1.29, 1.82) is 5.26 Å². The summed E-state index contributed by atoms with van der Waals surface area (Å²) in [6, 6.07) is 1.94. The molecule has 0 radical (unpaired) electrons. The number of carbonyl (C=O) groups is 1. The van der Waals surface area contributed by atoms with Crippen LogP contribution in [0.15, 0.2) is 6.20 Å². The number of aromatic amines is 1. The van der Waals surface area contributed by atoms with Gasteiger partial charge in [0.1, 0.15) is 6.07 Å². The van der Waals surface area contributed by atoms with E-state index in [4.69, 9.17) is 5.26 Å². The van der Waals surface area contributed by atoms with Crippen molar-refractivity contribution < 1.29 is 4.79 Å². The SMILES string of the molecule is CC(=O)NCCC#Cc1cn[nH]c1C#N. The average molecular weight is 202 g/mol. The minimum Gasteiger partial charge on any atom is -0.355 e. The van der Waals surface area contributed by atoms with Crippen molar-refractivity contribution in [2.75, 3.05) is 6.54 Å². The maximum atomic E-state index is 10.5. The minimum atomic E-state index is -0.0715. The summed E-state index contributed by atoms with van der Waals surface area (Å²) in [5.74, 6) is 5.57.